The van der Waals surface area contributed by atoms with Crippen LogP contribution in [0.2, 0.25) is 0 Å². The van der Waals surface area contributed by atoms with Crippen LogP contribution in [0.25, 0.3) is 0 Å². The summed E-state index contributed by atoms with van der Waals surface area (Å²) in [4.78, 5) is 0. The van der Waals surface area contributed by atoms with Crippen molar-refractivity contribution in [3.05, 3.63) is 0 Å². The summed E-state index contributed by atoms with van der Waals surface area (Å²) in [5.41, 5.74) is 0. The number of hydrogen-bond acceptors (Lipinski definition) is 2. The van der Waals surface area contributed by atoms with Gasteiger partial charge in [-0.2, -0.15) is 0 Å². The first kappa shape index (κ1) is 15.0. The molecule has 1 aliphatic rings. The van der Waals surface area contributed by atoms with E-state index in [1.54, 1.807) is 0 Å². The highest BCUT2D eigenvalue weighted by Crippen LogP contribution is 2.31. The molecule has 1 aliphatic carbocycles. The number of rotatable bonds is 7. The van der Waals surface area contributed by atoms with Crippen LogP contribution >= 0.6 is 0 Å². The third-order valence-corrected chi connectivity index (χ3v) is 4.19. The van der Waals surface area contributed by atoms with Gasteiger partial charge in [-0.25, -0.2) is 0 Å². The molecule has 1 saturated carbocycles. The molecule has 102 valence electrons. The molecule has 0 aromatic rings. The molecule has 2 heteroatoms. The van der Waals surface area contributed by atoms with Crippen molar-refractivity contribution in [2.45, 2.75) is 72.0 Å². The molecule has 4 atom stereocenters. The van der Waals surface area contributed by atoms with Crippen LogP contribution in [-0.4, -0.2) is 25.3 Å². The van der Waals surface area contributed by atoms with Crippen LogP contribution in [0, 0.1) is 11.8 Å². The Balaban J connectivity index is 2.11. The minimum absolute atomic E-state index is 0.430. The Labute approximate surface area is 108 Å². The second kappa shape index (κ2) is 8.10. The van der Waals surface area contributed by atoms with Gasteiger partial charge in [0.05, 0.1) is 12.2 Å². The van der Waals surface area contributed by atoms with Gasteiger partial charge in [0.15, 0.2) is 0 Å². The molecule has 0 aliphatic heterocycles. The van der Waals surface area contributed by atoms with E-state index in [0.717, 1.165) is 24.9 Å². The van der Waals surface area contributed by atoms with Gasteiger partial charge in [0, 0.05) is 0 Å². The fraction of sp³-hybridized carbons (Fsp3) is 1.00. The van der Waals surface area contributed by atoms with E-state index in [0.29, 0.717) is 12.2 Å². The maximum absolute atomic E-state index is 6.16. The third kappa shape index (κ3) is 5.87. The largest absolute Gasteiger partial charge is 0.375 e. The topological polar surface area (TPSA) is 21.3 Å². The van der Waals surface area contributed by atoms with Crippen molar-refractivity contribution >= 4 is 0 Å². The summed E-state index contributed by atoms with van der Waals surface area (Å²) in [6.07, 6.45) is 7.24. The van der Waals surface area contributed by atoms with Crippen LogP contribution in [0.4, 0.5) is 0 Å². The molecule has 4 unspecified atom stereocenters. The van der Waals surface area contributed by atoms with E-state index in [9.17, 15) is 0 Å². The minimum atomic E-state index is 0.430. The van der Waals surface area contributed by atoms with Gasteiger partial charge in [-0.15, -0.1) is 0 Å². The Hall–Kier alpha value is -0.0800. The summed E-state index contributed by atoms with van der Waals surface area (Å²) in [6.45, 7) is 11.3. The second-order valence-corrected chi connectivity index (χ2v) is 5.83. The van der Waals surface area contributed by atoms with Gasteiger partial charge in [0.2, 0.25) is 0 Å². The summed E-state index contributed by atoms with van der Waals surface area (Å²) in [7, 11) is 0. The molecule has 0 amide bonds. The van der Waals surface area contributed by atoms with Gasteiger partial charge < -0.3 is 10.1 Å². The average Bonchev–Trinajstić information content (AvgIpc) is 2.30. The monoisotopic (exact) mass is 241 g/mol. The van der Waals surface area contributed by atoms with Crippen LogP contribution in [0.5, 0.6) is 0 Å². The van der Waals surface area contributed by atoms with Crippen molar-refractivity contribution < 1.29 is 4.74 Å². The molecule has 0 saturated heterocycles. The van der Waals surface area contributed by atoms with Crippen molar-refractivity contribution in [3.63, 3.8) is 0 Å². The standard InChI is InChI=1S/C15H31NO/c1-5-16-10-6-7-14(4)17-15-9-8-12(2)13(3)11-15/h12-16H,5-11H2,1-4H3. The van der Waals surface area contributed by atoms with E-state index < -0.39 is 0 Å². The van der Waals surface area contributed by atoms with E-state index in [-0.39, 0.29) is 0 Å². The molecule has 1 fully saturated rings. The Bertz CT molecular complexity index is 195. The van der Waals surface area contributed by atoms with Gasteiger partial charge in [-0.3, -0.25) is 0 Å². The van der Waals surface area contributed by atoms with Gasteiger partial charge in [0.25, 0.3) is 0 Å². The highest BCUT2D eigenvalue weighted by atomic mass is 16.5. The summed E-state index contributed by atoms with van der Waals surface area (Å²) in [5, 5.41) is 3.36. The predicted octanol–water partition coefficient (Wildman–Crippen LogP) is 3.61. The van der Waals surface area contributed by atoms with Crippen LogP contribution in [0.15, 0.2) is 0 Å². The van der Waals surface area contributed by atoms with E-state index in [1.807, 2.05) is 0 Å². The van der Waals surface area contributed by atoms with E-state index in [2.05, 4.69) is 33.0 Å². The lowest BCUT2D eigenvalue weighted by molar-refractivity contribution is -0.0427. The van der Waals surface area contributed by atoms with Crippen LogP contribution in [0.3, 0.4) is 0 Å². The summed E-state index contributed by atoms with van der Waals surface area (Å²) < 4.78 is 6.16. The van der Waals surface area contributed by atoms with Crippen molar-refractivity contribution in [1.82, 2.24) is 5.32 Å². The molecular weight excluding hydrogens is 210 g/mol. The number of hydrogen-bond donors (Lipinski definition) is 1. The molecule has 0 spiro atoms. The molecule has 0 radical (unpaired) electrons. The fourth-order valence-corrected chi connectivity index (χ4v) is 2.71. The quantitative estimate of drug-likeness (QED) is 0.688. The Morgan fingerprint density at radius 2 is 2.00 bits per heavy atom. The first-order chi connectivity index (χ1) is 8.13. The van der Waals surface area contributed by atoms with Crippen LogP contribution in [-0.2, 0) is 4.74 Å². The highest BCUT2D eigenvalue weighted by Gasteiger charge is 2.25. The highest BCUT2D eigenvalue weighted by molar-refractivity contribution is 4.76. The van der Waals surface area contributed by atoms with Gasteiger partial charge in [0.1, 0.15) is 0 Å². The molecule has 0 aromatic heterocycles. The van der Waals surface area contributed by atoms with Gasteiger partial charge in [-0.1, -0.05) is 20.8 Å². The molecule has 0 heterocycles. The van der Waals surface area contributed by atoms with Crippen LogP contribution in [0.1, 0.15) is 59.8 Å². The normalized spacial score (nSPS) is 31.4. The SMILES string of the molecule is CCNCCCC(C)OC1CCC(C)C(C)C1. The molecule has 0 bridgehead atoms. The maximum atomic E-state index is 6.16. The smallest absolute Gasteiger partial charge is 0.0581 e. The zero-order valence-electron chi connectivity index (χ0n) is 12.2. The zero-order valence-corrected chi connectivity index (χ0v) is 12.2. The van der Waals surface area contributed by atoms with Crippen molar-refractivity contribution in [3.8, 4) is 0 Å². The van der Waals surface area contributed by atoms with Crippen molar-refractivity contribution in [2.75, 3.05) is 13.1 Å². The Morgan fingerprint density at radius 3 is 2.65 bits per heavy atom. The fourth-order valence-electron chi connectivity index (χ4n) is 2.71. The third-order valence-electron chi connectivity index (χ3n) is 4.19. The molecule has 2 nitrogen and oxygen atoms in total. The van der Waals surface area contributed by atoms with E-state index in [1.165, 1.54) is 32.1 Å². The van der Waals surface area contributed by atoms with Crippen molar-refractivity contribution in [1.29, 1.82) is 0 Å². The number of nitrogens with one attached hydrogen (secondary N) is 1. The van der Waals surface area contributed by atoms with Gasteiger partial charge in [-0.05, 0) is 64.0 Å². The lowest BCUT2D eigenvalue weighted by atomic mass is 9.80. The average molecular weight is 241 g/mol. The Morgan fingerprint density at radius 1 is 1.24 bits per heavy atom. The maximum Gasteiger partial charge on any atom is 0.0581 e. The minimum Gasteiger partial charge on any atom is -0.375 e. The number of ether oxygens (including phenoxy) is 1. The molecular formula is C15H31NO. The second-order valence-electron chi connectivity index (χ2n) is 5.83. The van der Waals surface area contributed by atoms with Gasteiger partial charge >= 0.3 is 0 Å². The molecule has 17 heavy (non-hydrogen) atoms. The van der Waals surface area contributed by atoms with Crippen molar-refractivity contribution in [2.24, 2.45) is 11.8 Å². The predicted molar refractivity (Wildman–Crippen MR) is 74.3 cm³/mol. The first-order valence-corrected chi connectivity index (χ1v) is 7.49. The lowest BCUT2D eigenvalue weighted by Gasteiger charge is -2.33. The van der Waals surface area contributed by atoms with E-state index in [4.69, 9.17) is 4.74 Å². The zero-order chi connectivity index (χ0) is 12.7. The summed E-state index contributed by atoms with van der Waals surface area (Å²) in [6, 6.07) is 0. The molecule has 1 rings (SSSR count). The Kier molecular flexibility index (Phi) is 7.14. The summed E-state index contributed by atoms with van der Waals surface area (Å²) >= 11 is 0. The lowest BCUT2D eigenvalue weighted by Crippen LogP contribution is -2.29. The van der Waals surface area contributed by atoms with E-state index >= 15 is 0 Å². The van der Waals surface area contributed by atoms with Crippen LogP contribution < -0.4 is 5.32 Å². The molecule has 1 N–H and O–H groups in total. The molecule has 0 aromatic carbocycles. The summed E-state index contributed by atoms with van der Waals surface area (Å²) in [5.74, 6) is 1.72. The first-order valence-electron chi connectivity index (χ1n) is 7.49.